The SMILES string of the molecule is CCN(CC)C(=O)C1CC1C(=O)NCCc1ccc(Cl)cc1. The lowest BCUT2D eigenvalue weighted by Gasteiger charge is -2.18. The van der Waals surface area contributed by atoms with Crippen LogP contribution in [0.15, 0.2) is 24.3 Å². The molecule has 0 bridgehead atoms. The maximum Gasteiger partial charge on any atom is 0.226 e. The molecule has 0 heterocycles. The highest BCUT2D eigenvalue weighted by Crippen LogP contribution is 2.40. The maximum atomic E-state index is 12.1. The average molecular weight is 323 g/mol. The highest BCUT2D eigenvalue weighted by atomic mass is 35.5. The van der Waals surface area contributed by atoms with Gasteiger partial charge in [-0.3, -0.25) is 9.59 Å². The number of benzene rings is 1. The van der Waals surface area contributed by atoms with E-state index in [9.17, 15) is 9.59 Å². The standard InChI is InChI=1S/C17H23ClN2O2/c1-3-20(4-2)17(22)15-11-14(15)16(21)19-10-9-12-5-7-13(18)8-6-12/h5-8,14-15H,3-4,9-11H2,1-2H3,(H,19,21). The molecule has 2 atom stereocenters. The quantitative estimate of drug-likeness (QED) is 0.838. The lowest BCUT2D eigenvalue weighted by molar-refractivity contribution is -0.134. The van der Waals surface area contributed by atoms with Crippen LogP contribution in [-0.2, 0) is 16.0 Å². The maximum absolute atomic E-state index is 12.1. The van der Waals surface area contributed by atoms with Crippen molar-refractivity contribution in [1.82, 2.24) is 10.2 Å². The summed E-state index contributed by atoms with van der Waals surface area (Å²) in [5.74, 6) is -0.143. The van der Waals surface area contributed by atoms with Crippen LogP contribution in [0.1, 0.15) is 25.8 Å². The van der Waals surface area contributed by atoms with Crippen LogP contribution in [0.25, 0.3) is 0 Å². The number of nitrogens with zero attached hydrogens (tertiary/aromatic N) is 1. The normalized spacial score (nSPS) is 19.6. The zero-order valence-electron chi connectivity index (χ0n) is 13.1. The first-order chi connectivity index (χ1) is 10.6. The van der Waals surface area contributed by atoms with Gasteiger partial charge in [0.05, 0.1) is 11.8 Å². The molecule has 0 aromatic heterocycles. The third-order valence-electron chi connectivity index (χ3n) is 4.15. The number of halogens is 1. The van der Waals surface area contributed by atoms with Crippen LogP contribution < -0.4 is 5.32 Å². The Labute approximate surface area is 136 Å². The van der Waals surface area contributed by atoms with E-state index < -0.39 is 0 Å². The minimum Gasteiger partial charge on any atom is -0.356 e. The average Bonchev–Trinajstić information content (AvgIpc) is 3.31. The summed E-state index contributed by atoms with van der Waals surface area (Å²) in [7, 11) is 0. The molecule has 1 aromatic rings. The van der Waals surface area contributed by atoms with Crippen LogP contribution in [0, 0.1) is 11.8 Å². The van der Waals surface area contributed by atoms with E-state index in [1.54, 1.807) is 4.90 Å². The fourth-order valence-corrected chi connectivity index (χ4v) is 2.77. The van der Waals surface area contributed by atoms with E-state index in [1.807, 2.05) is 38.1 Å². The van der Waals surface area contributed by atoms with Gasteiger partial charge in [0.1, 0.15) is 0 Å². The molecular weight excluding hydrogens is 300 g/mol. The molecule has 5 heteroatoms. The van der Waals surface area contributed by atoms with Gasteiger partial charge in [0.2, 0.25) is 11.8 Å². The Hall–Kier alpha value is -1.55. The number of hydrogen-bond donors (Lipinski definition) is 1. The lowest BCUT2D eigenvalue weighted by Crippen LogP contribution is -2.34. The molecule has 2 rings (SSSR count). The third-order valence-corrected chi connectivity index (χ3v) is 4.40. The summed E-state index contributed by atoms with van der Waals surface area (Å²) in [6.07, 6.45) is 1.45. The zero-order chi connectivity index (χ0) is 16.1. The summed E-state index contributed by atoms with van der Waals surface area (Å²) in [6.45, 7) is 5.92. The predicted octanol–water partition coefficient (Wildman–Crippen LogP) is 2.50. The van der Waals surface area contributed by atoms with Gasteiger partial charge in [-0.1, -0.05) is 23.7 Å². The summed E-state index contributed by atoms with van der Waals surface area (Å²) in [5, 5.41) is 3.64. The second-order valence-electron chi connectivity index (χ2n) is 5.63. The van der Waals surface area contributed by atoms with Crippen LogP contribution >= 0.6 is 11.6 Å². The summed E-state index contributed by atoms with van der Waals surface area (Å²) < 4.78 is 0. The molecule has 22 heavy (non-hydrogen) atoms. The molecule has 1 N–H and O–H groups in total. The van der Waals surface area contributed by atoms with E-state index in [0.717, 1.165) is 12.0 Å². The molecule has 2 unspecified atom stereocenters. The second-order valence-corrected chi connectivity index (χ2v) is 6.06. The van der Waals surface area contributed by atoms with Gasteiger partial charge in [-0.25, -0.2) is 0 Å². The monoisotopic (exact) mass is 322 g/mol. The van der Waals surface area contributed by atoms with Crippen molar-refractivity contribution in [1.29, 1.82) is 0 Å². The molecule has 1 saturated carbocycles. The molecule has 1 aliphatic rings. The first-order valence-electron chi connectivity index (χ1n) is 7.87. The molecule has 0 saturated heterocycles. The van der Waals surface area contributed by atoms with Crippen LogP contribution in [0.4, 0.5) is 0 Å². The molecule has 0 radical (unpaired) electrons. The van der Waals surface area contributed by atoms with Crippen molar-refractivity contribution in [2.75, 3.05) is 19.6 Å². The first kappa shape index (κ1) is 16.8. The number of nitrogens with one attached hydrogen (secondary N) is 1. The van der Waals surface area contributed by atoms with Gasteiger partial charge in [-0.05, 0) is 44.4 Å². The smallest absolute Gasteiger partial charge is 0.226 e. The summed E-state index contributed by atoms with van der Waals surface area (Å²) >= 11 is 5.84. The van der Waals surface area contributed by atoms with Gasteiger partial charge in [0.25, 0.3) is 0 Å². The molecule has 120 valence electrons. The van der Waals surface area contributed by atoms with Crippen molar-refractivity contribution in [2.45, 2.75) is 26.7 Å². The molecule has 1 aliphatic carbocycles. The Balaban J connectivity index is 1.73. The van der Waals surface area contributed by atoms with Crippen LogP contribution in [0.3, 0.4) is 0 Å². The van der Waals surface area contributed by atoms with E-state index in [-0.39, 0.29) is 23.7 Å². The van der Waals surface area contributed by atoms with Crippen molar-refractivity contribution < 1.29 is 9.59 Å². The van der Waals surface area contributed by atoms with Gasteiger partial charge >= 0.3 is 0 Å². The van der Waals surface area contributed by atoms with Gasteiger partial charge in [0, 0.05) is 24.7 Å². The van der Waals surface area contributed by atoms with Crippen LogP contribution in [-0.4, -0.2) is 36.3 Å². The van der Waals surface area contributed by atoms with Crippen molar-refractivity contribution in [2.24, 2.45) is 11.8 Å². The van der Waals surface area contributed by atoms with E-state index in [4.69, 9.17) is 11.6 Å². The fourth-order valence-electron chi connectivity index (χ4n) is 2.64. The van der Waals surface area contributed by atoms with Gasteiger partial charge in [0.15, 0.2) is 0 Å². The Morgan fingerprint density at radius 3 is 2.41 bits per heavy atom. The van der Waals surface area contributed by atoms with E-state index in [1.165, 1.54) is 0 Å². The van der Waals surface area contributed by atoms with Gasteiger partial charge < -0.3 is 10.2 Å². The number of carbonyl (C=O) groups is 2. The molecule has 0 aliphatic heterocycles. The Kier molecular flexibility index (Phi) is 5.83. The summed E-state index contributed by atoms with van der Waals surface area (Å²) in [4.78, 5) is 26.0. The number of rotatable bonds is 7. The van der Waals surface area contributed by atoms with Crippen molar-refractivity contribution in [3.05, 3.63) is 34.9 Å². The topological polar surface area (TPSA) is 49.4 Å². The van der Waals surface area contributed by atoms with Crippen LogP contribution in [0.5, 0.6) is 0 Å². The number of carbonyl (C=O) groups excluding carboxylic acids is 2. The van der Waals surface area contributed by atoms with Crippen molar-refractivity contribution in [3.63, 3.8) is 0 Å². The molecule has 1 fully saturated rings. The van der Waals surface area contributed by atoms with E-state index in [2.05, 4.69) is 5.32 Å². The van der Waals surface area contributed by atoms with Gasteiger partial charge in [-0.15, -0.1) is 0 Å². The predicted molar refractivity (Wildman–Crippen MR) is 87.7 cm³/mol. The Morgan fingerprint density at radius 2 is 1.82 bits per heavy atom. The first-order valence-corrected chi connectivity index (χ1v) is 8.25. The lowest BCUT2D eigenvalue weighted by atomic mass is 10.1. The van der Waals surface area contributed by atoms with E-state index >= 15 is 0 Å². The van der Waals surface area contributed by atoms with Gasteiger partial charge in [-0.2, -0.15) is 0 Å². The van der Waals surface area contributed by atoms with Crippen molar-refractivity contribution in [3.8, 4) is 0 Å². The summed E-state index contributed by atoms with van der Waals surface area (Å²) in [5.41, 5.74) is 1.14. The fraction of sp³-hybridized carbons (Fsp3) is 0.529. The molecular formula is C17H23ClN2O2. The summed E-state index contributed by atoms with van der Waals surface area (Å²) in [6, 6.07) is 7.60. The zero-order valence-corrected chi connectivity index (χ0v) is 13.9. The van der Waals surface area contributed by atoms with E-state index in [0.29, 0.717) is 31.1 Å². The second kappa shape index (κ2) is 7.63. The third kappa shape index (κ3) is 4.23. The highest BCUT2D eigenvalue weighted by Gasteiger charge is 2.48. The number of hydrogen-bond acceptors (Lipinski definition) is 2. The number of amides is 2. The minimum atomic E-state index is -0.140. The molecule has 0 spiro atoms. The highest BCUT2D eigenvalue weighted by molar-refractivity contribution is 6.30. The largest absolute Gasteiger partial charge is 0.356 e. The molecule has 1 aromatic carbocycles. The van der Waals surface area contributed by atoms with Crippen molar-refractivity contribution >= 4 is 23.4 Å². The molecule has 2 amide bonds. The minimum absolute atomic E-state index is 0.000491. The van der Waals surface area contributed by atoms with Crippen LogP contribution in [0.2, 0.25) is 5.02 Å². The molecule has 4 nitrogen and oxygen atoms in total. The Bertz CT molecular complexity index is 526. The Morgan fingerprint density at radius 1 is 1.18 bits per heavy atom.